The van der Waals surface area contributed by atoms with Crippen molar-refractivity contribution in [2.75, 3.05) is 4.90 Å². The summed E-state index contributed by atoms with van der Waals surface area (Å²) < 4.78 is 6.46. The summed E-state index contributed by atoms with van der Waals surface area (Å²) in [5, 5.41) is 4.65. The van der Waals surface area contributed by atoms with Crippen LogP contribution in [-0.2, 0) is 0 Å². The second-order valence-electron chi connectivity index (χ2n) is 12.2. The summed E-state index contributed by atoms with van der Waals surface area (Å²) in [6.07, 6.45) is 0. The van der Waals surface area contributed by atoms with Gasteiger partial charge in [0.15, 0.2) is 0 Å². The van der Waals surface area contributed by atoms with Crippen molar-refractivity contribution < 1.29 is 4.42 Å². The third-order valence-corrected chi connectivity index (χ3v) is 9.27. The first-order valence-corrected chi connectivity index (χ1v) is 16.3. The lowest BCUT2D eigenvalue weighted by Crippen LogP contribution is -2.11. The van der Waals surface area contributed by atoms with Gasteiger partial charge in [-0.15, -0.1) is 0 Å². The highest BCUT2D eigenvalue weighted by Crippen LogP contribution is 2.47. The van der Waals surface area contributed by atoms with E-state index in [0.717, 1.165) is 50.1 Å². The van der Waals surface area contributed by atoms with Crippen molar-refractivity contribution in [3.05, 3.63) is 188 Å². The van der Waals surface area contributed by atoms with E-state index in [1.807, 2.05) is 6.07 Å². The van der Waals surface area contributed by atoms with Gasteiger partial charge in [0.05, 0.1) is 5.69 Å². The van der Waals surface area contributed by atoms with E-state index < -0.39 is 0 Å². The molecule has 0 radical (unpaired) electrons. The fourth-order valence-electron chi connectivity index (χ4n) is 6.92. The van der Waals surface area contributed by atoms with Crippen molar-refractivity contribution in [3.63, 3.8) is 0 Å². The summed E-state index contributed by atoms with van der Waals surface area (Å²) in [6.45, 7) is 0. The Balaban J connectivity index is 1.30. The second kappa shape index (κ2) is 11.8. The molecule has 1 heterocycles. The summed E-state index contributed by atoms with van der Waals surface area (Å²) >= 11 is 0. The normalized spacial score (nSPS) is 11.3. The molecule has 9 aromatic rings. The van der Waals surface area contributed by atoms with Crippen molar-refractivity contribution >= 4 is 49.8 Å². The van der Waals surface area contributed by atoms with Crippen LogP contribution in [-0.4, -0.2) is 0 Å². The van der Waals surface area contributed by atoms with Crippen LogP contribution in [0.3, 0.4) is 0 Å². The lowest BCUT2D eigenvalue weighted by atomic mass is 9.94. The molecular weight excluding hydrogens is 583 g/mol. The van der Waals surface area contributed by atoms with E-state index in [-0.39, 0.29) is 0 Å². The van der Waals surface area contributed by atoms with Crippen molar-refractivity contribution in [1.82, 2.24) is 0 Å². The Morgan fingerprint density at radius 1 is 0.354 bits per heavy atom. The summed E-state index contributed by atoms with van der Waals surface area (Å²) in [5.41, 5.74) is 12.1. The van der Waals surface area contributed by atoms with E-state index in [1.54, 1.807) is 0 Å². The molecule has 0 aliphatic carbocycles. The number of hydrogen-bond acceptors (Lipinski definition) is 2. The van der Waals surface area contributed by atoms with Crippen molar-refractivity contribution in [1.29, 1.82) is 0 Å². The Kier molecular flexibility index (Phi) is 6.84. The highest BCUT2D eigenvalue weighted by Gasteiger charge is 2.23. The Bertz CT molecular complexity index is 2450. The van der Waals surface area contributed by atoms with Crippen LogP contribution in [0.4, 0.5) is 17.1 Å². The van der Waals surface area contributed by atoms with Crippen LogP contribution in [0.1, 0.15) is 0 Å². The Hall–Kier alpha value is -6.38. The van der Waals surface area contributed by atoms with E-state index in [1.165, 1.54) is 33.0 Å². The van der Waals surface area contributed by atoms with Gasteiger partial charge in [0.25, 0.3) is 0 Å². The molecule has 0 aliphatic rings. The van der Waals surface area contributed by atoms with E-state index in [0.29, 0.717) is 0 Å². The van der Waals surface area contributed by atoms with Crippen molar-refractivity contribution in [2.24, 2.45) is 0 Å². The smallest absolute Gasteiger partial charge is 0.136 e. The number of benzene rings is 8. The number of anilines is 3. The molecule has 0 aliphatic heterocycles. The van der Waals surface area contributed by atoms with Crippen LogP contribution < -0.4 is 4.90 Å². The van der Waals surface area contributed by atoms with Gasteiger partial charge in [-0.3, -0.25) is 0 Å². The highest BCUT2D eigenvalue weighted by molar-refractivity contribution is 6.17. The van der Waals surface area contributed by atoms with Gasteiger partial charge in [0.2, 0.25) is 0 Å². The molecule has 9 rings (SSSR count). The van der Waals surface area contributed by atoms with Gasteiger partial charge < -0.3 is 9.32 Å². The zero-order chi connectivity index (χ0) is 31.9. The molecule has 8 aromatic carbocycles. The molecule has 0 spiro atoms. The minimum Gasteiger partial charge on any atom is -0.456 e. The molecule has 0 amide bonds. The summed E-state index contributed by atoms with van der Waals surface area (Å²) in [5.74, 6) is 0. The predicted molar refractivity (Wildman–Crippen MR) is 202 cm³/mol. The Morgan fingerprint density at radius 3 is 1.52 bits per heavy atom. The largest absolute Gasteiger partial charge is 0.456 e. The third kappa shape index (κ3) is 4.92. The summed E-state index contributed by atoms with van der Waals surface area (Å²) in [4.78, 5) is 2.38. The first-order valence-electron chi connectivity index (χ1n) is 16.3. The topological polar surface area (TPSA) is 16.4 Å². The standard InChI is InChI=1S/C46H31NO/c1-3-11-32(12-4-1)35-21-25-39(26-22-35)47(40-27-23-36(24-28-40)33-13-5-2-6-14-33)42-29-30-44-46(41-17-9-10-18-43(41)48-44)45(42)38-20-19-34-15-7-8-16-37(34)31-38/h1-31H. The molecule has 226 valence electrons. The van der Waals surface area contributed by atoms with Crippen LogP contribution in [0.5, 0.6) is 0 Å². The molecule has 0 N–H and O–H groups in total. The Labute approximate surface area is 279 Å². The number of fused-ring (bicyclic) bond motifs is 4. The molecule has 0 saturated carbocycles. The minimum atomic E-state index is 0.877. The fraction of sp³-hybridized carbons (Fsp3) is 0. The molecule has 0 fully saturated rings. The predicted octanol–water partition coefficient (Wildman–Crippen LogP) is 13.2. The van der Waals surface area contributed by atoms with Gasteiger partial charge in [0, 0.05) is 27.7 Å². The van der Waals surface area contributed by atoms with Crippen molar-refractivity contribution in [3.8, 4) is 33.4 Å². The van der Waals surface area contributed by atoms with Crippen molar-refractivity contribution in [2.45, 2.75) is 0 Å². The number of rotatable bonds is 6. The maximum absolute atomic E-state index is 6.46. The average molecular weight is 614 g/mol. The summed E-state index contributed by atoms with van der Waals surface area (Å²) in [7, 11) is 0. The minimum absolute atomic E-state index is 0.877. The zero-order valence-electron chi connectivity index (χ0n) is 26.3. The maximum atomic E-state index is 6.46. The molecule has 0 unspecified atom stereocenters. The van der Waals surface area contributed by atoms with Crippen LogP contribution in [0.2, 0.25) is 0 Å². The molecule has 0 saturated heterocycles. The van der Waals surface area contributed by atoms with Crippen LogP contribution in [0.25, 0.3) is 66.1 Å². The van der Waals surface area contributed by atoms with Crippen LogP contribution >= 0.6 is 0 Å². The van der Waals surface area contributed by atoms with Gasteiger partial charge in [0.1, 0.15) is 11.2 Å². The molecule has 48 heavy (non-hydrogen) atoms. The third-order valence-electron chi connectivity index (χ3n) is 9.27. The van der Waals surface area contributed by atoms with Gasteiger partial charge in [-0.1, -0.05) is 140 Å². The molecule has 0 bridgehead atoms. The molecule has 0 atom stereocenters. The number of furan rings is 1. The van der Waals surface area contributed by atoms with Crippen LogP contribution in [0, 0.1) is 0 Å². The molecular formula is C46H31NO. The SMILES string of the molecule is c1ccc(-c2ccc(N(c3ccc(-c4ccccc4)cc3)c3ccc4oc5ccccc5c4c3-c3ccc4ccccc4c3)cc2)cc1. The van der Waals surface area contributed by atoms with Gasteiger partial charge in [-0.2, -0.15) is 0 Å². The monoisotopic (exact) mass is 613 g/mol. The second-order valence-corrected chi connectivity index (χ2v) is 12.2. The molecule has 2 heteroatoms. The maximum Gasteiger partial charge on any atom is 0.136 e. The van der Waals surface area contributed by atoms with E-state index >= 15 is 0 Å². The zero-order valence-corrected chi connectivity index (χ0v) is 26.3. The lowest BCUT2D eigenvalue weighted by molar-refractivity contribution is 0.669. The number of para-hydroxylation sites is 1. The van der Waals surface area contributed by atoms with E-state index in [2.05, 4.69) is 187 Å². The quantitative estimate of drug-likeness (QED) is 0.185. The molecule has 2 nitrogen and oxygen atoms in total. The average Bonchev–Trinajstić information content (AvgIpc) is 3.55. The van der Waals surface area contributed by atoms with Gasteiger partial charge >= 0.3 is 0 Å². The Morgan fingerprint density at radius 2 is 0.875 bits per heavy atom. The van der Waals surface area contributed by atoms with Gasteiger partial charge in [-0.05, 0) is 87.1 Å². The fourth-order valence-corrected chi connectivity index (χ4v) is 6.92. The number of hydrogen-bond donors (Lipinski definition) is 0. The van der Waals surface area contributed by atoms with Gasteiger partial charge in [-0.25, -0.2) is 0 Å². The number of nitrogens with zero attached hydrogens (tertiary/aromatic N) is 1. The lowest BCUT2D eigenvalue weighted by Gasteiger charge is -2.29. The van der Waals surface area contributed by atoms with E-state index in [9.17, 15) is 0 Å². The first-order chi connectivity index (χ1) is 23.8. The summed E-state index contributed by atoms with van der Waals surface area (Å²) in [6, 6.07) is 66.9. The molecule has 1 aromatic heterocycles. The first kappa shape index (κ1) is 27.9. The van der Waals surface area contributed by atoms with E-state index in [4.69, 9.17) is 4.42 Å². The highest BCUT2D eigenvalue weighted by atomic mass is 16.3. The van der Waals surface area contributed by atoms with Crippen LogP contribution in [0.15, 0.2) is 192 Å².